The van der Waals surface area contributed by atoms with Crippen molar-refractivity contribution in [3.8, 4) is 0 Å². The predicted octanol–water partition coefficient (Wildman–Crippen LogP) is 3.54. The molecule has 9 heteroatoms. The average molecular weight is 439 g/mol. The molecule has 4 rings (SSSR count). The largest absolute Gasteiger partial charge is 0.480 e. The van der Waals surface area contributed by atoms with Gasteiger partial charge in [-0.25, -0.2) is 4.79 Å². The molecule has 28 heavy (non-hydrogen) atoms. The Labute approximate surface area is 173 Å². The number of aryl methyl sites for hydroxylation is 2. The van der Waals surface area contributed by atoms with Crippen LogP contribution in [0.2, 0.25) is 10.0 Å². The van der Waals surface area contributed by atoms with Crippen LogP contribution in [0.25, 0.3) is 10.2 Å². The van der Waals surface area contributed by atoms with Crippen LogP contribution in [-0.4, -0.2) is 20.2 Å². The highest BCUT2D eigenvalue weighted by Crippen LogP contribution is 2.34. The van der Waals surface area contributed by atoms with Crippen LogP contribution in [0, 0.1) is 0 Å². The molecule has 0 bridgehead atoms. The Hall–Kier alpha value is -2.09. The summed E-state index contributed by atoms with van der Waals surface area (Å²) in [5.74, 6) is -1.13. The first-order chi connectivity index (χ1) is 13.4. The molecule has 1 N–H and O–H groups in total. The minimum Gasteiger partial charge on any atom is -0.480 e. The van der Waals surface area contributed by atoms with Crippen LogP contribution >= 0.6 is 34.5 Å². The number of hydrogen-bond donors (Lipinski definition) is 1. The molecule has 146 valence electrons. The molecular formula is C19H16Cl2N2O4S. The number of carboxylic acid groups (broad SMARTS) is 1. The van der Waals surface area contributed by atoms with E-state index in [1.807, 2.05) is 0 Å². The maximum Gasteiger partial charge on any atom is 0.332 e. The van der Waals surface area contributed by atoms with Crippen molar-refractivity contribution in [2.75, 3.05) is 0 Å². The molecule has 0 amide bonds. The lowest BCUT2D eigenvalue weighted by molar-refractivity contribution is -0.137. The smallest absolute Gasteiger partial charge is 0.332 e. The minimum atomic E-state index is -1.13. The third kappa shape index (κ3) is 3.27. The summed E-state index contributed by atoms with van der Waals surface area (Å²) in [4.78, 5) is 39.2. The zero-order chi connectivity index (χ0) is 20.0. The Balaban J connectivity index is 1.99. The highest BCUT2D eigenvalue weighted by molar-refractivity contribution is 7.18. The van der Waals surface area contributed by atoms with Gasteiger partial charge in [-0.1, -0.05) is 29.3 Å². The first-order valence-corrected chi connectivity index (χ1v) is 10.4. The van der Waals surface area contributed by atoms with Gasteiger partial charge >= 0.3 is 11.7 Å². The summed E-state index contributed by atoms with van der Waals surface area (Å²) in [7, 11) is 0. The zero-order valence-corrected chi connectivity index (χ0v) is 17.0. The van der Waals surface area contributed by atoms with Crippen molar-refractivity contribution in [3.63, 3.8) is 0 Å². The predicted molar refractivity (Wildman–Crippen MR) is 110 cm³/mol. The van der Waals surface area contributed by atoms with E-state index in [-0.39, 0.29) is 6.54 Å². The molecule has 0 atom stereocenters. The molecule has 0 saturated heterocycles. The fourth-order valence-corrected chi connectivity index (χ4v) is 5.49. The maximum atomic E-state index is 13.2. The second-order valence-corrected chi connectivity index (χ2v) is 8.71. The number of thiophene rings is 1. The lowest BCUT2D eigenvalue weighted by atomic mass is 9.97. The summed E-state index contributed by atoms with van der Waals surface area (Å²) in [6.45, 7) is -0.544. The molecule has 6 nitrogen and oxygen atoms in total. The molecule has 3 aromatic rings. The Bertz CT molecular complexity index is 1230. The molecule has 2 aromatic heterocycles. The molecule has 0 aliphatic heterocycles. The number of benzene rings is 1. The van der Waals surface area contributed by atoms with Crippen LogP contribution in [0.15, 0.2) is 27.8 Å². The summed E-state index contributed by atoms with van der Waals surface area (Å²) >= 11 is 13.5. The van der Waals surface area contributed by atoms with Crippen molar-refractivity contribution in [3.05, 3.63) is 65.1 Å². The SMILES string of the molecule is O=C(O)Cn1c(=O)n(Cc2ccc(Cl)cc2Cl)c(=O)c2c3c(sc21)CCCC3. The molecule has 0 radical (unpaired) electrons. The number of carboxylic acids is 1. The van der Waals surface area contributed by atoms with Crippen molar-refractivity contribution in [1.29, 1.82) is 0 Å². The van der Waals surface area contributed by atoms with Gasteiger partial charge in [-0.15, -0.1) is 11.3 Å². The van der Waals surface area contributed by atoms with Crippen molar-refractivity contribution in [2.45, 2.75) is 38.8 Å². The lowest BCUT2D eigenvalue weighted by Crippen LogP contribution is -2.41. The molecule has 1 aromatic carbocycles. The summed E-state index contributed by atoms with van der Waals surface area (Å²) < 4.78 is 2.26. The van der Waals surface area contributed by atoms with E-state index >= 15 is 0 Å². The van der Waals surface area contributed by atoms with E-state index in [0.29, 0.717) is 25.8 Å². The van der Waals surface area contributed by atoms with Gasteiger partial charge in [0.05, 0.1) is 11.9 Å². The van der Waals surface area contributed by atoms with E-state index in [1.54, 1.807) is 18.2 Å². The third-order valence-corrected chi connectivity index (χ3v) is 6.86. The number of aromatic nitrogens is 2. The molecule has 2 heterocycles. The average Bonchev–Trinajstić information content (AvgIpc) is 3.03. The molecule has 1 aliphatic rings. The first-order valence-electron chi connectivity index (χ1n) is 8.80. The summed E-state index contributed by atoms with van der Waals surface area (Å²) in [6, 6.07) is 4.84. The number of fused-ring (bicyclic) bond motifs is 3. The summed E-state index contributed by atoms with van der Waals surface area (Å²) in [6.07, 6.45) is 3.60. The number of hydrogen-bond acceptors (Lipinski definition) is 4. The molecule has 0 unspecified atom stereocenters. The van der Waals surface area contributed by atoms with E-state index in [4.69, 9.17) is 23.2 Å². The summed E-state index contributed by atoms with van der Waals surface area (Å²) in [5, 5.41) is 10.6. The van der Waals surface area contributed by atoms with Gasteiger partial charge in [-0.05, 0) is 48.9 Å². The molecule has 1 aliphatic carbocycles. The monoisotopic (exact) mass is 438 g/mol. The zero-order valence-electron chi connectivity index (χ0n) is 14.7. The van der Waals surface area contributed by atoms with Crippen LogP contribution < -0.4 is 11.2 Å². The van der Waals surface area contributed by atoms with Crippen LogP contribution in [0.5, 0.6) is 0 Å². The Morgan fingerprint density at radius 2 is 1.89 bits per heavy atom. The van der Waals surface area contributed by atoms with E-state index in [1.165, 1.54) is 15.9 Å². The standard InChI is InChI=1S/C19H16Cl2N2O4S/c20-11-6-5-10(13(21)7-11)8-22-17(26)16-12-3-1-2-4-14(12)28-18(16)23(19(22)27)9-15(24)25/h5-7H,1-4,8-9H2,(H,24,25). The maximum absolute atomic E-state index is 13.2. The Morgan fingerprint density at radius 1 is 1.14 bits per heavy atom. The van der Waals surface area contributed by atoms with E-state index in [9.17, 15) is 19.5 Å². The van der Waals surface area contributed by atoms with Gasteiger partial charge < -0.3 is 5.11 Å². The number of carbonyl (C=O) groups is 1. The van der Waals surface area contributed by atoms with Crippen LogP contribution in [0.3, 0.4) is 0 Å². The van der Waals surface area contributed by atoms with Crippen molar-refractivity contribution in [2.24, 2.45) is 0 Å². The number of nitrogens with zero attached hydrogens (tertiary/aromatic N) is 2. The van der Waals surface area contributed by atoms with Crippen molar-refractivity contribution >= 4 is 50.7 Å². The van der Waals surface area contributed by atoms with Gasteiger partial charge in [-0.3, -0.25) is 18.7 Å². The van der Waals surface area contributed by atoms with Crippen molar-refractivity contribution in [1.82, 2.24) is 9.13 Å². The van der Waals surface area contributed by atoms with E-state index < -0.39 is 23.8 Å². The van der Waals surface area contributed by atoms with Gasteiger partial charge in [0.25, 0.3) is 5.56 Å². The van der Waals surface area contributed by atoms with E-state index in [0.717, 1.165) is 40.7 Å². The Morgan fingerprint density at radius 3 is 2.61 bits per heavy atom. The second kappa shape index (κ2) is 7.39. The fourth-order valence-electron chi connectivity index (χ4n) is 3.65. The van der Waals surface area contributed by atoms with Gasteiger partial charge in [0.2, 0.25) is 0 Å². The second-order valence-electron chi connectivity index (χ2n) is 6.78. The molecule has 0 fully saturated rings. The van der Waals surface area contributed by atoms with Gasteiger partial charge in [0, 0.05) is 14.9 Å². The normalized spacial score (nSPS) is 13.6. The Kier molecular flexibility index (Phi) is 5.07. The van der Waals surface area contributed by atoms with Gasteiger partial charge in [0.1, 0.15) is 11.4 Å². The first kappa shape index (κ1) is 19.2. The molecule has 0 saturated carbocycles. The number of halogens is 2. The quantitative estimate of drug-likeness (QED) is 0.675. The van der Waals surface area contributed by atoms with Gasteiger partial charge in [0.15, 0.2) is 0 Å². The van der Waals surface area contributed by atoms with Crippen LogP contribution in [0.4, 0.5) is 0 Å². The topological polar surface area (TPSA) is 81.3 Å². The fraction of sp³-hybridized carbons (Fsp3) is 0.316. The van der Waals surface area contributed by atoms with Crippen LogP contribution in [-0.2, 0) is 30.7 Å². The van der Waals surface area contributed by atoms with Crippen LogP contribution in [0.1, 0.15) is 28.8 Å². The number of aliphatic carboxylic acids is 1. The van der Waals surface area contributed by atoms with Crippen molar-refractivity contribution < 1.29 is 9.90 Å². The molecular weight excluding hydrogens is 423 g/mol. The minimum absolute atomic E-state index is 0.0478. The highest BCUT2D eigenvalue weighted by atomic mass is 35.5. The lowest BCUT2D eigenvalue weighted by Gasteiger charge is -2.13. The van der Waals surface area contributed by atoms with Gasteiger partial charge in [-0.2, -0.15) is 0 Å². The highest BCUT2D eigenvalue weighted by Gasteiger charge is 2.24. The third-order valence-electron chi connectivity index (χ3n) is 4.96. The van der Waals surface area contributed by atoms with E-state index in [2.05, 4.69) is 0 Å². The number of rotatable bonds is 4. The molecule has 0 spiro atoms. The summed E-state index contributed by atoms with van der Waals surface area (Å²) in [5.41, 5.74) is 0.471.